The Hall–Kier alpha value is -2.43. The van der Waals surface area contributed by atoms with Crippen LogP contribution in [0.1, 0.15) is 16.1 Å². The van der Waals surface area contributed by atoms with E-state index in [1.165, 1.54) is 12.1 Å². The molecule has 2 heterocycles. The third-order valence-electron chi connectivity index (χ3n) is 3.14. The minimum atomic E-state index is -2.83. The molecule has 1 aromatic heterocycles. The summed E-state index contributed by atoms with van der Waals surface area (Å²) >= 11 is 0. The molecule has 3 nitrogen and oxygen atoms in total. The third kappa shape index (κ3) is 2.34. The summed E-state index contributed by atoms with van der Waals surface area (Å²) in [7, 11) is 0. The summed E-state index contributed by atoms with van der Waals surface area (Å²) in [6.45, 7) is -2.29. The molecule has 0 radical (unpaired) electrons. The molecular weight excluding hydrogens is 264 g/mol. The van der Waals surface area contributed by atoms with Gasteiger partial charge in [-0.1, -0.05) is 12.1 Å². The van der Waals surface area contributed by atoms with E-state index in [9.17, 15) is 13.6 Å². The minimum Gasteiger partial charge on any atom is -0.435 e. The van der Waals surface area contributed by atoms with Crippen LogP contribution >= 0.6 is 0 Å². The Bertz CT molecular complexity index is 671. The zero-order valence-electron chi connectivity index (χ0n) is 10.4. The van der Waals surface area contributed by atoms with E-state index in [4.69, 9.17) is 0 Å². The summed E-state index contributed by atoms with van der Waals surface area (Å²) in [5, 5.41) is 0. The fraction of sp³-hybridized carbons (Fsp3) is 0.133. The molecule has 0 amide bonds. The standard InChI is InChI=1S/C15H11F2NO2/c16-15(17)20-12-5-3-10(4-6-12)8-11-9-18-7-1-2-13(18)14(11)19/h1-8,15H,9H2/b11-8+. The van der Waals surface area contributed by atoms with Gasteiger partial charge in [-0.05, 0) is 35.9 Å². The van der Waals surface area contributed by atoms with Crippen molar-refractivity contribution in [2.45, 2.75) is 13.2 Å². The Balaban J connectivity index is 1.80. The SMILES string of the molecule is O=C1/C(=C/c2ccc(OC(F)F)cc2)Cn2cccc21. The van der Waals surface area contributed by atoms with Crippen molar-refractivity contribution < 1.29 is 18.3 Å². The maximum absolute atomic E-state index is 12.1. The highest BCUT2D eigenvalue weighted by atomic mass is 19.3. The molecule has 0 unspecified atom stereocenters. The van der Waals surface area contributed by atoms with Crippen LogP contribution in [0.4, 0.5) is 8.78 Å². The highest BCUT2D eigenvalue weighted by molar-refractivity contribution is 6.12. The second-order valence-electron chi connectivity index (χ2n) is 4.47. The molecule has 102 valence electrons. The van der Waals surface area contributed by atoms with Gasteiger partial charge in [0, 0.05) is 11.8 Å². The molecule has 1 aliphatic heterocycles. The molecule has 2 aromatic rings. The Labute approximate surface area is 114 Å². The predicted molar refractivity (Wildman–Crippen MR) is 69.8 cm³/mol. The van der Waals surface area contributed by atoms with Gasteiger partial charge in [0.25, 0.3) is 0 Å². The first-order chi connectivity index (χ1) is 9.63. The van der Waals surface area contributed by atoms with E-state index >= 15 is 0 Å². The molecule has 20 heavy (non-hydrogen) atoms. The number of carbonyl (C=O) groups is 1. The highest BCUT2D eigenvalue weighted by Gasteiger charge is 2.23. The zero-order chi connectivity index (χ0) is 14.1. The quantitative estimate of drug-likeness (QED) is 0.804. The summed E-state index contributed by atoms with van der Waals surface area (Å²) in [5.74, 6) is 0.106. The lowest BCUT2D eigenvalue weighted by Gasteiger charge is -2.04. The number of aromatic nitrogens is 1. The summed E-state index contributed by atoms with van der Waals surface area (Å²) in [6.07, 6.45) is 3.62. The topological polar surface area (TPSA) is 31.2 Å². The molecule has 1 aliphatic rings. The lowest BCUT2D eigenvalue weighted by atomic mass is 10.1. The van der Waals surface area contributed by atoms with Crippen LogP contribution in [0.3, 0.4) is 0 Å². The van der Waals surface area contributed by atoms with Crippen molar-refractivity contribution in [3.05, 3.63) is 59.4 Å². The van der Waals surface area contributed by atoms with E-state index in [0.29, 0.717) is 17.8 Å². The van der Waals surface area contributed by atoms with Gasteiger partial charge in [-0.25, -0.2) is 0 Å². The molecule has 0 atom stereocenters. The number of allylic oxidation sites excluding steroid dienone is 1. The van der Waals surface area contributed by atoms with E-state index in [0.717, 1.165) is 5.56 Å². The number of rotatable bonds is 3. The van der Waals surface area contributed by atoms with E-state index in [-0.39, 0.29) is 11.5 Å². The van der Waals surface area contributed by atoms with Crippen molar-refractivity contribution >= 4 is 11.9 Å². The van der Waals surface area contributed by atoms with Crippen LogP contribution in [0.15, 0.2) is 48.2 Å². The Morgan fingerprint density at radius 2 is 1.95 bits per heavy atom. The predicted octanol–water partition coefficient (Wildman–Crippen LogP) is 3.37. The first kappa shape index (κ1) is 12.6. The van der Waals surface area contributed by atoms with Crippen LogP contribution < -0.4 is 4.74 Å². The van der Waals surface area contributed by atoms with Gasteiger partial charge in [0.15, 0.2) is 0 Å². The maximum Gasteiger partial charge on any atom is 0.387 e. The van der Waals surface area contributed by atoms with Crippen molar-refractivity contribution in [2.75, 3.05) is 0 Å². The van der Waals surface area contributed by atoms with Crippen LogP contribution in [0.2, 0.25) is 0 Å². The number of hydrogen-bond donors (Lipinski definition) is 0. The van der Waals surface area contributed by atoms with E-state index in [1.54, 1.807) is 24.3 Å². The molecule has 0 N–H and O–H groups in total. The molecule has 0 bridgehead atoms. The molecule has 0 fully saturated rings. The fourth-order valence-corrected chi connectivity index (χ4v) is 2.24. The van der Waals surface area contributed by atoms with Crippen molar-refractivity contribution in [1.29, 1.82) is 0 Å². The van der Waals surface area contributed by atoms with Crippen LogP contribution in [0.25, 0.3) is 6.08 Å². The molecule has 1 aromatic carbocycles. The zero-order valence-corrected chi connectivity index (χ0v) is 10.4. The van der Waals surface area contributed by atoms with E-state index in [1.807, 2.05) is 16.8 Å². The number of nitrogens with zero attached hydrogens (tertiary/aromatic N) is 1. The van der Waals surface area contributed by atoms with Gasteiger partial charge in [-0.3, -0.25) is 4.79 Å². The first-order valence-corrected chi connectivity index (χ1v) is 6.09. The lowest BCUT2D eigenvalue weighted by molar-refractivity contribution is -0.0498. The maximum atomic E-state index is 12.1. The van der Waals surface area contributed by atoms with Crippen molar-refractivity contribution in [3.63, 3.8) is 0 Å². The number of ether oxygens (including phenoxy) is 1. The monoisotopic (exact) mass is 275 g/mol. The van der Waals surface area contributed by atoms with Gasteiger partial charge in [0.2, 0.25) is 5.78 Å². The second kappa shape index (κ2) is 4.92. The van der Waals surface area contributed by atoms with Crippen molar-refractivity contribution in [1.82, 2.24) is 4.57 Å². The molecule has 0 spiro atoms. The van der Waals surface area contributed by atoms with E-state index < -0.39 is 6.61 Å². The second-order valence-corrected chi connectivity index (χ2v) is 4.47. The summed E-state index contributed by atoms with van der Waals surface area (Å²) in [4.78, 5) is 12.1. The highest BCUT2D eigenvalue weighted by Crippen LogP contribution is 2.23. The normalized spacial score (nSPS) is 15.9. The van der Waals surface area contributed by atoms with Crippen LogP contribution in [0, 0.1) is 0 Å². The van der Waals surface area contributed by atoms with Crippen LogP contribution in [-0.4, -0.2) is 17.0 Å². The van der Waals surface area contributed by atoms with Gasteiger partial charge in [-0.2, -0.15) is 8.78 Å². The van der Waals surface area contributed by atoms with Gasteiger partial charge in [0.1, 0.15) is 5.75 Å². The van der Waals surface area contributed by atoms with Crippen molar-refractivity contribution in [3.8, 4) is 5.75 Å². The third-order valence-corrected chi connectivity index (χ3v) is 3.14. The number of alkyl halides is 2. The van der Waals surface area contributed by atoms with Crippen molar-refractivity contribution in [2.24, 2.45) is 0 Å². The fourth-order valence-electron chi connectivity index (χ4n) is 2.24. The van der Waals surface area contributed by atoms with Gasteiger partial charge in [-0.15, -0.1) is 0 Å². The molecule has 3 rings (SSSR count). The number of fused-ring (bicyclic) bond motifs is 1. The number of halogens is 2. The number of Topliss-reactive ketones (excluding diaryl/α,β-unsaturated/α-hetero) is 1. The Morgan fingerprint density at radius 3 is 2.60 bits per heavy atom. The lowest BCUT2D eigenvalue weighted by Crippen LogP contribution is -2.01. The van der Waals surface area contributed by atoms with Gasteiger partial charge < -0.3 is 9.30 Å². The van der Waals surface area contributed by atoms with Gasteiger partial charge in [0.05, 0.1) is 12.2 Å². The van der Waals surface area contributed by atoms with Gasteiger partial charge >= 0.3 is 6.61 Å². The average Bonchev–Trinajstić information content (AvgIpc) is 2.96. The molecule has 0 aliphatic carbocycles. The average molecular weight is 275 g/mol. The molecular formula is C15H11F2NO2. The smallest absolute Gasteiger partial charge is 0.387 e. The first-order valence-electron chi connectivity index (χ1n) is 6.09. The Kier molecular flexibility index (Phi) is 3.10. The number of hydrogen-bond acceptors (Lipinski definition) is 2. The summed E-state index contributed by atoms with van der Waals surface area (Å²) in [6, 6.07) is 9.82. The molecule has 5 heteroatoms. The van der Waals surface area contributed by atoms with Crippen LogP contribution in [-0.2, 0) is 6.54 Å². The number of carbonyl (C=O) groups excluding carboxylic acids is 1. The largest absolute Gasteiger partial charge is 0.435 e. The van der Waals surface area contributed by atoms with E-state index in [2.05, 4.69) is 4.74 Å². The Morgan fingerprint density at radius 1 is 1.20 bits per heavy atom. The summed E-state index contributed by atoms with van der Waals surface area (Å²) in [5.41, 5.74) is 2.14. The molecule has 0 saturated heterocycles. The minimum absolute atomic E-state index is 0.00269. The number of benzene rings is 1. The van der Waals surface area contributed by atoms with Crippen LogP contribution in [0.5, 0.6) is 5.75 Å². The summed E-state index contributed by atoms with van der Waals surface area (Å²) < 4.78 is 30.2. The number of ketones is 1. The molecule has 0 saturated carbocycles.